The van der Waals surface area contributed by atoms with E-state index < -0.39 is 10.0 Å². The molecule has 8 nitrogen and oxygen atoms in total. The molecule has 2 aromatic carbocycles. The molecule has 0 spiro atoms. The average Bonchev–Trinajstić information content (AvgIpc) is 3.40. The maximum absolute atomic E-state index is 12.4. The number of benzene rings is 2. The predicted octanol–water partition coefficient (Wildman–Crippen LogP) is 2.63. The third-order valence-electron chi connectivity index (χ3n) is 4.60. The summed E-state index contributed by atoms with van der Waals surface area (Å²) in [4.78, 5) is 16.5. The van der Waals surface area contributed by atoms with Crippen LogP contribution < -0.4 is 10.5 Å². The molecule has 0 unspecified atom stereocenters. The van der Waals surface area contributed by atoms with E-state index in [1.165, 1.54) is 17.1 Å². The summed E-state index contributed by atoms with van der Waals surface area (Å²) in [5, 5.41) is 12.8. The summed E-state index contributed by atoms with van der Waals surface area (Å²) in [7, 11) is -4.07. The van der Waals surface area contributed by atoms with Crippen LogP contribution in [0.4, 0.5) is 5.69 Å². The van der Waals surface area contributed by atoms with E-state index in [1.807, 2.05) is 0 Å². The van der Waals surface area contributed by atoms with E-state index in [0.717, 1.165) is 12.8 Å². The van der Waals surface area contributed by atoms with Crippen LogP contribution in [0.15, 0.2) is 53.7 Å². The zero-order valence-electron chi connectivity index (χ0n) is 15.2. The minimum Gasteiger partial charge on any atom is -0.326 e. The molecule has 0 atom stereocenters. The van der Waals surface area contributed by atoms with Crippen LogP contribution in [0, 0.1) is 0 Å². The molecule has 0 bridgehead atoms. The maximum atomic E-state index is 12.4. The second-order valence-corrected chi connectivity index (χ2v) is 8.79. The number of sulfonamides is 1. The van der Waals surface area contributed by atoms with Crippen LogP contribution in [0.5, 0.6) is 0 Å². The molecule has 3 aromatic rings. The van der Waals surface area contributed by atoms with Crippen LogP contribution in [0.1, 0.15) is 30.1 Å². The fraction of sp³-hybridized carbons (Fsp3) is 0.211. The summed E-state index contributed by atoms with van der Waals surface area (Å²) in [5.41, 5.74) is 1.28. The zero-order chi connectivity index (χ0) is 20.6. The highest BCUT2D eigenvalue weighted by molar-refractivity contribution is 7.89. The van der Waals surface area contributed by atoms with Crippen molar-refractivity contribution in [2.75, 3.05) is 5.32 Å². The molecule has 1 aliphatic rings. The Morgan fingerprint density at radius 2 is 2.00 bits per heavy atom. The van der Waals surface area contributed by atoms with Gasteiger partial charge in [-0.25, -0.2) is 23.2 Å². The van der Waals surface area contributed by atoms with Crippen molar-refractivity contribution in [1.29, 1.82) is 0 Å². The molecule has 150 valence electrons. The first kappa shape index (κ1) is 19.6. The number of carbonyl (C=O) groups excluding carboxylic acids is 1. The number of hydrogen-bond donors (Lipinski definition) is 2. The van der Waals surface area contributed by atoms with Crippen molar-refractivity contribution in [2.24, 2.45) is 5.14 Å². The Balaban J connectivity index is 1.63. The standard InChI is InChI=1S/C19H18ClN5O3S/c20-15-4-2-1-3-13(15)9-18(26)24-14-7-8-16(17(10-14)29(21,27)28)25-19(12-5-6-12)22-11-23-25/h1-4,7-8,10-12H,5-6,9H2,(H,24,26)(H2,21,27,28). The molecule has 1 aliphatic carbocycles. The molecule has 0 radical (unpaired) electrons. The van der Waals surface area contributed by atoms with Gasteiger partial charge in [0, 0.05) is 16.6 Å². The van der Waals surface area contributed by atoms with E-state index in [0.29, 0.717) is 27.8 Å². The Morgan fingerprint density at radius 1 is 1.24 bits per heavy atom. The Bertz CT molecular complexity index is 1190. The Hall–Kier alpha value is -2.75. The van der Waals surface area contributed by atoms with Gasteiger partial charge in [0.05, 0.1) is 12.1 Å². The lowest BCUT2D eigenvalue weighted by Gasteiger charge is -2.13. The fourth-order valence-corrected chi connectivity index (χ4v) is 4.01. The summed E-state index contributed by atoms with van der Waals surface area (Å²) < 4.78 is 25.9. The number of carbonyl (C=O) groups is 1. The number of anilines is 1. The van der Waals surface area contributed by atoms with Crippen molar-refractivity contribution in [2.45, 2.75) is 30.1 Å². The van der Waals surface area contributed by atoms with Gasteiger partial charge in [0.2, 0.25) is 15.9 Å². The van der Waals surface area contributed by atoms with E-state index >= 15 is 0 Å². The highest BCUT2D eigenvalue weighted by Crippen LogP contribution is 2.40. The van der Waals surface area contributed by atoms with Gasteiger partial charge in [0.1, 0.15) is 17.0 Å². The SMILES string of the molecule is NS(=O)(=O)c1cc(NC(=O)Cc2ccccc2Cl)ccc1-n1ncnc1C1CC1. The first-order valence-corrected chi connectivity index (χ1v) is 10.9. The highest BCUT2D eigenvalue weighted by Gasteiger charge is 2.30. The number of nitrogens with two attached hydrogens (primary N) is 1. The quantitative estimate of drug-likeness (QED) is 0.621. The van der Waals surface area contributed by atoms with Gasteiger partial charge in [-0.3, -0.25) is 4.79 Å². The minimum absolute atomic E-state index is 0.0566. The summed E-state index contributed by atoms with van der Waals surface area (Å²) in [5.74, 6) is 0.636. The van der Waals surface area contributed by atoms with Gasteiger partial charge in [-0.1, -0.05) is 29.8 Å². The molecule has 0 saturated heterocycles. The average molecular weight is 432 g/mol. The lowest BCUT2D eigenvalue weighted by Crippen LogP contribution is -2.19. The maximum Gasteiger partial charge on any atom is 0.240 e. The summed E-state index contributed by atoms with van der Waals surface area (Å²) in [6.07, 6.45) is 3.42. The van der Waals surface area contributed by atoms with Crippen LogP contribution >= 0.6 is 11.6 Å². The van der Waals surface area contributed by atoms with Gasteiger partial charge in [-0.05, 0) is 42.7 Å². The zero-order valence-corrected chi connectivity index (χ0v) is 16.8. The number of aromatic nitrogens is 3. The fourth-order valence-electron chi connectivity index (χ4n) is 3.07. The Labute approximate surface area is 172 Å². The van der Waals surface area contributed by atoms with Crippen LogP contribution in [-0.2, 0) is 21.2 Å². The third-order valence-corrected chi connectivity index (χ3v) is 5.91. The van der Waals surface area contributed by atoms with E-state index in [4.69, 9.17) is 16.7 Å². The van der Waals surface area contributed by atoms with Gasteiger partial charge >= 0.3 is 0 Å². The van der Waals surface area contributed by atoms with Gasteiger partial charge in [-0.15, -0.1) is 0 Å². The van der Waals surface area contributed by atoms with E-state index in [9.17, 15) is 13.2 Å². The van der Waals surface area contributed by atoms with Gasteiger partial charge < -0.3 is 5.32 Å². The predicted molar refractivity (Wildman–Crippen MR) is 108 cm³/mol. The number of nitrogens with one attached hydrogen (secondary N) is 1. The molecule has 29 heavy (non-hydrogen) atoms. The normalized spacial score (nSPS) is 14.0. The number of nitrogens with zero attached hydrogens (tertiary/aromatic N) is 3. The molecule has 1 heterocycles. The molecule has 10 heteroatoms. The molecule has 1 saturated carbocycles. The number of rotatable bonds is 6. The monoisotopic (exact) mass is 431 g/mol. The van der Waals surface area contributed by atoms with Crippen LogP contribution in [-0.4, -0.2) is 29.1 Å². The first-order valence-electron chi connectivity index (χ1n) is 8.93. The van der Waals surface area contributed by atoms with E-state index in [-0.39, 0.29) is 23.1 Å². The molecule has 4 rings (SSSR count). The van der Waals surface area contributed by atoms with Crippen molar-refractivity contribution >= 4 is 33.2 Å². The van der Waals surface area contributed by atoms with Crippen molar-refractivity contribution in [1.82, 2.24) is 14.8 Å². The van der Waals surface area contributed by atoms with E-state index in [1.54, 1.807) is 36.4 Å². The lowest BCUT2D eigenvalue weighted by molar-refractivity contribution is -0.115. The van der Waals surface area contributed by atoms with Crippen molar-refractivity contribution in [3.05, 3.63) is 65.2 Å². The largest absolute Gasteiger partial charge is 0.326 e. The summed E-state index contributed by atoms with van der Waals surface area (Å²) in [6, 6.07) is 11.5. The molecule has 3 N–H and O–H groups in total. The highest BCUT2D eigenvalue weighted by atomic mass is 35.5. The van der Waals surface area contributed by atoms with Crippen LogP contribution in [0.2, 0.25) is 5.02 Å². The number of hydrogen-bond acceptors (Lipinski definition) is 5. The minimum atomic E-state index is -4.07. The summed E-state index contributed by atoms with van der Waals surface area (Å²) in [6.45, 7) is 0. The lowest BCUT2D eigenvalue weighted by atomic mass is 10.1. The number of halogens is 1. The Morgan fingerprint density at radius 3 is 2.69 bits per heavy atom. The number of primary sulfonamides is 1. The molecular formula is C19H18ClN5O3S. The van der Waals surface area contributed by atoms with Crippen LogP contribution in [0.25, 0.3) is 5.69 Å². The summed E-state index contributed by atoms with van der Waals surface area (Å²) >= 11 is 6.09. The smallest absolute Gasteiger partial charge is 0.240 e. The van der Waals surface area contributed by atoms with Crippen molar-refractivity contribution in [3.8, 4) is 5.69 Å². The van der Waals surface area contributed by atoms with Crippen molar-refractivity contribution in [3.63, 3.8) is 0 Å². The van der Waals surface area contributed by atoms with Gasteiger partial charge in [-0.2, -0.15) is 5.10 Å². The molecule has 1 fully saturated rings. The number of amides is 1. The first-order chi connectivity index (χ1) is 13.8. The molecule has 1 aromatic heterocycles. The van der Waals surface area contributed by atoms with Crippen molar-refractivity contribution < 1.29 is 13.2 Å². The molecule has 1 amide bonds. The third kappa shape index (κ3) is 4.31. The molecule has 0 aliphatic heterocycles. The van der Waals surface area contributed by atoms with Gasteiger partial charge in [0.15, 0.2) is 0 Å². The van der Waals surface area contributed by atoms with E-state index in [2.05, 4.69) is 15.4 Å². The van der Waals surface area contributed by atoms with Crippen LogP contribution in [0.3, 0.4) is 0 Å². The molecular weight excluding hydrogens is 414 g/mol. The van der Waals surface area contributed by atoms with Gasteiger partial charge in [0.25, 0.3) is 0 Å². The Kier molecular flexibility index (Phi) is 5.12. The second kappa shape index (κ2) is 7.58. The second-order valence-electron chi connectivity index (χ2n) is 6.85. The topological polar surface area (TPSA) is 120 Å².